The van der Waals surface area contributed by atoms with E-state index in [0.29, 0.717) is 6.54 Å². The van der Waals surface area contributed by atoms with E-state index in [4.69, 9.17) is 0 Å². The lowest BCUT2D eigenvalue weighted by molar-refractivity contribution is 0.535. The van der Waals surface area contributed by atoms with E-state index in [1.54, 1.807) is 12.1 Å². The number of fused-ring (bicyclic) bond motifs is 1. The van der Waals surface area contributed by atoms with Gasteiger partial charge in [-0.3, -0.25) is 0 Å². The van der Waals surface area contributed by atoms with Crippen LogP contribution in [0.3, 0.4) is 0 Å². The van der Waals surface area contributed by atoms with E-state index in [9.17, 15) is 16.8 Å². The second-order valence-electron chi connectivity index (χ2n) is 6.74. The third kappa shape index (κ3) is 3.54. The summed E-state index contributed by atoms with van der Waals surface area (Å²) in [5, 5.41) is 0. The van der Waals surface area contributed by atoms with Crippen LogP contribution in [0.4, 0.5) is 5.69 Å². The molecule has 1 aromatic carbocycles. The molecule has 0 saturated heterocycles. The Labute approximate surface area is 137 Å². The highest BCUT2D eigenvalue weighted by molar-refractivity contribution is 7.90. The molecule has 1 aliphatic carbocycles. The van der Waals surface area contributed by atoms with Crippen molar-refractivity contribution in [1.29, 1.82) is 0 Å². The highest BCUT2D eigenvalue weighted by Crippen LogP contribution is 2.48. The van der Waals surface area contributed by atoms with Crippen LogP contribution in [0.25, 0.3) is 0 Å². The van der Waals surface area contributed by atoms with Crippen LogP contribution in [0.15, 0.2) is 23.1 Å². The molecule has 0 atom stereocenters. The van der Waals surface area contributed by atoms with Crippen molar-refractivity contribution in [2.45, 2.75) is 24.2 Å². The summed E-state index contributed by atoms with van der Waals surface area (Å²) in [5.41, 5.74) is 1.88. The minimum Gasteiger partial charge on any atom is -0.370 e. The topological polar surface area (TPSA) is 83.6 Å². The van der Waals surface area contributed by atoms with E-state index >= 15 is 0 Å². The number of rotatable bonds is 6. The molecule has 1 aromatic rings. The average molecular weight is 358 g/mol. The Bertz CT molecular complexity index is 827. The van der Waals surface area contributed by atoms with Gasteiger partial charge >= 0.3 is 0 Å². The van der Waals surface area contributed by atoms with Gasteiger partial charge in [-0.05, 0) is 44.0 Å². The molecule has 128 valence electrons. The highest BCUT2D eigenvalue weighted by Gasteiger charge is 2.47. The monoisotopic (exact) mass is 358 g/mol. The zero-order valence-corrected chi connectivity index (χ0v) is 15.0. The first-order valence-corrected chi connectivity index (χ1v) is 11.2. The molecule has 0 aromatic heterocycles. The summed E-state index contributed by atoms with van der Waals surface area (Å²) in [5.74, 6) is 0.209. The summed E-state index contributed by atoms with van der Waals surface area (Å²) < 4.78 is 49.5. The quantitative estimate of drug-likeness (QED) is 0.812. The van der Waals surface area contributed by atoms with E-state index in [1.165, 1.54) is 13.3 Å². The molecule has 1 N–H and O–H groups in total. The molecule has 2 aliphatic rings. The molecule has 8 heteroatoms. The van der Waals surface area contributed by atoms with Crippen LogP contribution in [0.5, 0.6) is 0 Å². The number of nitrogens with one attached hydrogen (secondary N) is 1. The van der Waals surface area contributed by atoms with E-state index < -0.39 is 19.9 Å². The SMILES string of the molecule is CNS(=O)(=O)c1ccc2c(c1)N(CC1(CS(C)(=O)=O)CC1)CC2. The molecule has 0 spiro atoms. The van der Waals surface area contributed by atoms with Crippen molar-refractivity contribution >= 4 is 25.5 Å². The number of sulfone groups is 1. The Morgan fingerprint density at radius 2 is 1.91 bits per heavy atom. The molecule has 1 aliphatic heterocycles. The molecule has 6 nitrogen and oxygen atoms in total. The van der Waals surface area contributed by atoms with Crippen LogP contribution in [-0.4, -0.2) is 49.0 Å². The molecule has 1 saturated carbocycles. The molecule has 1 fully saturated rings. The van der Waals surface area contributed by atoms with Crippen LogP contribution in [0.2, 0.25) is 0 Å². The molecule has 0 bridgehead atoms. The Morgan fingerprint density at radius 3 is 2.48 bits per heavy atom. The fraction of sp³-hybridized carbons (Fsp3) is 0.600. The van der Waals surface area contributed by atoms with Crippen molar-refractivity contribution in [3.8, 4) is 0 Å². The van der Waals surface area contributed by atoms with Gasteiger partial charge in [0.15, 0.2) is 0 Å². The van der Waals surface area contributed by atoms with E-state index in [2.05, 4.69) is 9.62 Å². The van der Waals surface area contributed by atoms with Gasteiger partial charge in [0.25, 0.3) is 0 Å². The summed E-state index contributed by atoms with van der Waals surface area (Å²) in [4.78, 5) is 2.39. The van der Waals surface area contributed by atoms with Gasteiger partial charge in [-0.15, -0.1) is 0 Å². The molecule has 0 unspecified atom stereocenters. The van der Waals surface area contributed by atoms with Gasteiger partial charge in [0.1, 0.15) is 9.84 Å². The first-order chi connectivity index (χ1) is 10.6. The maximum atomic E-state index is 12.0. The molecule has 1 heterocycles. The fourth-order valence-corrected chi connectivity index (χ4v) is 5.60. The molecular formula is C15H22N2O4S2. The van der Waals surface area contributed by atoms with Crippen molar-refractivity contribution in [2.24, 2.45) is 5.41 Å². The molecule has 3 rings (SSSR count). The zero-order valence-electron chi connectivity index (χ0n) is 13.4. The van der Waals surface area contributed by atoms with Crippen LogP contribution in [0.1, 0.15) is 18.4 Å². The second kappa shape index (κ2) is 5.46. The Hall–Kier alpha value is -1.12. The highest BCUT2D eigenvalue weighted by atomic mass is 32.2. The number of benzene rings is 1. The summed E-state index contributed by atoms with van der Waals surface area (Å²) in [6, 6.07) is 5.18. The second-order valence-corrected chi connectivity index (χ2v) is 10.8. The Balaban J connectivity index is 1.86. The van der Waals surface area contributed by atoms with Gasteiger partial charge in [-0.2, -0.15) is 0 Å². The standard InChI is InChI=1S/C15H22N2O4S2/c1-16-23(20,21)13-4-3-12-5-8-17(14(12)9-13)10-15(6-7-15)11-22(2,18)19/h3-4,9,16H,5-8,10-11H2,1-2H3. The maximum absolute atomic E-state index is 12.0. The van der Waals surface area contributed by atoms with Crippen LogP contribution >= 0.6 is 0 Å². The number of anilines is 1. The average Bonchev–Trinajstić information content (AvgIpc) is 3.08. The van der Waals surface area contributed by atoms with Gasteiger partial charge in [-0.25, -0.2) is 21.6 Å². The maximum Gasteiger partial charge on any atom is 0.240 e. The van der Waals surface area contributed by atoms with Crippen LogP contribution < -0.4 is 9.62 Å². The summed E-state index contributed by atoms with van der Waals surface area (Å²) in [6.07, 6.45) is 3.98. The predicted octanol–water partition coefficient (Wildman–Crippen LogP) is 0.782. The van der Waals surface area contributed by atoms with Gasteiger partial charge < -0.3 is 4.90 Å². The lowest BCUT2D eigenvalue weighted by Crippen LogP contribution is -2.32. The van der Waals surface area contributed by atoms with E-state index in [1.807, 2.05) is 6.07 Å². The van der Waals surface area contributed by atoms with Gasteiger partial charge in [0, 0.05) is 30.4 Å². The number of hydrogen-bond acceptors (Lipinski definition) is 5. The van der Waals surface area contributed by atoms with Crippen molar-refractivity contribution in [3.63, 3.8) is 0 Å². The largest absolute Gasteiger partial charge is 0.370 e. The van der Waals surface area contributed by atoms with Crippen molar-refractivity contribution in [2.75, 3.05) is 37.0 Å². The molecular weight excluding hydrogens is 336 g/mol. The van der Waals surface area contributed by atoms with Crippen molar-refractivity contribution in [3.05, 3.63) is 23.8 Å². The lowest BCUT2D eigenvalue weighted by atomic mass is 10.1. The molecule has 23 heavy (non-hydrogen) atoms. The van der Waals surface area contributed by atoms with Crippen molar-refractivity contribution in [1.82, 2.24) is 4.72 Å². The van der Waals surface area contributed by atoms with Crippen molar-refractivity contribution < 1.29 is 16.8 Å². The minimum atomic E-state index is -3.47. The third-order valence-corrected chi connectivity index (χ3v) is 7.23. The normalized spacial score (nSPS) is 19.7. The number of hydrogen-bond donors (Lipinski definition) is 1. The predicted molar refractivity (Wildman–Crippen MR) is 90.0 cm³/mol. The first-order valence-electron chi connectivity index (χ1n) is 7.63. The number of sulfonamides is 1. The van der Waals surface area contributed by atoms with E-state index in [0.717, 1.165) is 37.1 Å². The third-order valence-electron chi connectivity index (χ3n) is 4.68. The zero-order chi connectivity index (χ0) is 16.9. The molecule has 0 radical (unpaired) electrons. The Morgan fingerprint density at radius 1 is 1.22 bits per heavy atom. The smallest absolute Gasteiger partial charge is 0.240 e. The van der Waals surface area contributed by atoms with Gasteiger partial charge in [-0.1, -0.05) is 6.07 Å². The van der Waals surface area contributed by atoms with Crippen LogP contribution in [0, 0.1) is 5.41 Å². The number of nitrogens with zero attached hydrogens (tertiary/aromatic N) is 1. The summed E-state index contributed by atoms with van der Waals surface area (Å²) in [7, 11) is -5.08. The van der Waals surface area contributed by atoms with E-state index in [-0.39, 0.29) is 16.1 Å². The molecule has 0 amide bonds. The van der Waals surface area contributed by atoms with Crippen LogP contribution in [-0.2, 0) is 26.3 Å². The van der Waals surface area contributed by atoms with Gasteiger partial charge in [0.2, 0.25) is 10.0 Å². The summed E-state index contributed by atoms with van der Waals surface area (Å²) >= 11 is 0. The Kier molecular flexibility index (Phi) is 3.97. The minimum absolute atomic E-state index is 0.160. The first kappa shape index (κ1) is 16.7. The summed E-state index contributed by atoms with van der Waals surface area (Å²) in [6.45, 7) is 1.49. The lowest BCUT2D eigenvalue weighted by Gasteiger charge is -2.25. The van der Waals surface area contributed by atoms with Gasteiger partial charge in [0.05, 0.1) is 10.6 Å². The fourth-order valence-electron chi connectivity index (χ4n) is 3.36.